The van der Waals surface area contributed by atoms with Crippen LogP contribution < -0.4 is 0 Å². The Morgan fingerprint density at radius 2 is 2.00 bits per heavy atom. The number of carboxylic acids is 1. The lowest BCUT2D eigenvalue weighted by atomic mass is 9.85. The van der Waals surface area contributed by atoms with Gasteiger partial charge in [0.1, 0.15) is 5.82 Å². The topological polar surface area (TPSA) is 66.0 Å². The summed E-state index contributed by atoms with van der Waals surface area (Å²) in [6.45, 7) is 3.55. The van der Waals surface area contributed by atoms with Crippen LogP contribution in [0.4, 0.5) is 13.2 Å². The van der Waals surface area contributed by atoms with Gasteiger partial charge in [-0.2, -0.15) is 13.2 Å². The first-order valence-electron chi connectivity index (χ1n) is 6.34. The van der Waals surface area contributed by atoms with Gasteiger partial charge in [-0.15, -0.1) is 0 Å². The summed E-state index contributed by atoms with van der Waals surface area (Å²) >= 11 is 0. The minimum Gasteiger partial charge on any atom is -0.481 e. The quantitative estimate of drug-likeness (QED) is 0.906. The number of rotatable bonds is 4. The highest BCUT2D eigenvalue weighted by Gasteiger charge is 2.31. The van der Waals surface area contributed by atoms with E-state index < -0.39 is 23.1 Å². The van der Waals surface area contributed by atoms with Crippen LogP contribution in [0.25, 0.3) is 11.0 Å². The monoisotopic (exact) mass is 300 g/mol. The van der Waals surface area contributed by atoms with Crippen LogP contribution in [0.15, 0.2) is 18.2 Å². The number of benzene rings is 1. The molecule has 0 unspecified atom stereocenters. The fourth-order valence-electron chi connectivity index (χ4n) is 2.25. The van der Waals surface area contributed by atoms with Gasteiger partial charge in [0, 0.05) is 6.42 Å². The standard InChI is InChI=1S/C14H15F3N2O2/c1-13(2,7-12(20)21)6-11-18-9-4-3-8(14(15,16)17)5-10(9)19-11/h3-5H,6-7H2,1-2H3,(H,18,19)(H,20,21). The second-order valence-electron chi connectivity index (χ2n) is 5.82. The number of nitrogens with zero attached hydrogens (tertiary/aromatic N) is 1. The second-order valence-corrected chi connectivity index (χ2v) is 5.82. The first-order chi connectivity index (χ1) is 9.57. The molecule has 0 amide bonds. The van der Waals surface area contributed by atoms with E-state index in [0.29, 0.717) is 23.3 Å². The van der Waals surface area contributed by atoms with Gasteiger partial charge in [0.25, 0.3) is 0 Å². The molecule has 114 valence electrons. The third-order valence-electron chi connectivity index (χ3n) is 3.13. The van der Waals surface area contributed by atoms with Crippen LogP contribution in [0, 0.1) is 5.41 Å². The molecular formula is C14H15F3N2O2. The number of aromatic nitrogens is 2. The van der Waals surface area contributed by atoms with Gasteiger partial charge in [0.15, 0.2) is 0 Å². The Morgan fingerprint density at radius 3 is 2.57 bits per heavy atom. The number of aromatic amines is 1. The third-order valence-corrected chi connectivity index (χ3v) is 3.13. The summed E-state index contributed by atoms with van der Waals surface area (Å²) in [7, 11) is 0. The third kappa shape index (κ3) is 3.74. The summed E-state index contributed by atoms with van der Waals surface area (Å²) in [5.41, 5.74) is -0.544. The van der Waals surface area contributed by atoms with Crippen LogP contribution in [0.5, 0.6) is 0 Å². The van der Waals surface area contributed by atoms with E-state index in [4.69, 9.17) is 5.11 Å². The van der Waals surface area contributed by atoms with Gasteiger partial charge in [-0.1, -0.05) is 13.8 Å². The van der Waals surface area contributed by atoms with Crippen molar-refractivity contribution in [2.45, 2.75) is 32.9 Å². The van der Waals surface area contributed by atoms with Crippen LogP contribution in [0.3, 0.4) is 0 Å². The number of hydrogen-bond acceptors (Lipinski definition) is 2. The highest BCUT2D eigenvalue weighted by Crippen LogP contribution is 2.31. The molecular weight excluding hydrogens is 285 g/mol. The SMILES string of the molecule is CC(C)(CC(=O)O)Cc1nc2ccc(C(F)(F)F)cc2[nH]1. The molecule has 0 spiro atoms. The van der Waals surface area contributed by atoms with E-state index in [1.807, 2.05) is 0 Å². The van der Waals surface area contributed by atoms with E-state index >= 15 is 0 Å². The van der Waals surface area contributed by atoms with E-state index in [9.17, 15) is 18.0 Å². The lowest BCUT2D eigenvalue weighted by Crippen LogP contribution is -2.20. The zero-order valence-electron chi connectivity index (χ0n) is 11.6. The van der Waals surface area contributed by atoms with Crippen LogP contribution in [-0.4, -0.2) is 21.0 Å². The average Bonchev–Trinajstić information content (AvgIpc) is 2.65. The zero-order chi connectivity index (χ0) is 15.8. The highest BCUT2D eigenvalue weighted by atomic mass is 19.4. The van der Waals surface area contributed by atoms with Crippen molar-refractivity contribution in [1.29, 1.82) is 0 Å². The van der Waals surface area contributed by atoms with Gasteiger partial charge in [-0.05, 0) is 23.6 Å². The smallest absolute Gasteiger partial charge is 0.416 e. The van der Waals surface area contributed by atoms with Crippen LogP contribution in [-0.2, 0) is 17.4 Å². The fraction of sp³-hybridized carbons (Fsp3) is 0.429. The van der Waals surface area contributed by atoms with E-state index in [-0.39, 0.29) is 6.42 Å². The Balaban J connectivity index is 2.29. The molecule has 0 saturated heterocycles. The molecule has 4 nitrogen and oxygen atoms in total. The molecule has 21 heavy (non-hydrogen) atoms. The maximum Gasteiger partial charge on any atom is 0.416 e. The number of imidazole rings is 1. The van der Waals surface area contributed by atoms with Gasteiger partial charge >= 0.3 is 12.1 Å². The lowest BCUT2D eigenvalue weighted by Gasteiger charge is -2.20. The number of alkyl halides is 3. The van der Waals surface area contributed by atoms with Gasteiger partial charge in [0.2, 0.25) is 0 Å². The van der Waals surface area contributed by atoms with E-state index in [2.05, 4.69) is 9.97 Å². The maximum absolute atomic E-state index is 12.6. The highest BCUT2D eigenvalue weighted by molar-refractivity contribution is 5.76. The second kappa shape index (κ2) is 5.05. The first-order valence-corrected chi connectivity index (χ1v) is 6.34. The van der Waals surface area contributed by atoms with Crippen molar-refractivity contribution in [3.63, 3.8) is 0 Å². The van der Waals surface area contributed by atoms with Crippen molar-refractivity contribution in [2.24, 2.45) is 5.41 Å². The molecule has 0 aliphatic carbocycles. The number of nitrogens with one attached hydrogen (secondary N) is 1. The molecule has 2 aromatic rings. The van der Waals surface area contributed by atoms with Crippen molar-refractivity contribution >= 4 is 17.0 Å². The number of carbonyl (C=O) groups is 1. The molecule has 1 aromatic carbocycles. The van der Waals surface area contributed by atoms with Gasteiger partial charge < -0.3 is 10.1 Å². The van der Waals surface area contributed by atoms with E-state index in [1.165, 1.54) is 6.07 Å². The Labute approximate surface area is 119 Å². The number of aliphatic carboxylic acids is 1. The van der Waals surface area contributed by atoms with E-state index in [1.54, 1.807) is 13.8 Å². The molecule has 0 fully saturated rings. The van der Waals surface area contributed by atoms with Crippen LogP contribution in [0.1, 0.15) is 31.7 Å². The lowest BCUT2D eigenvalue weighted by molar-refractivity contribution is -0.139. The van der Waals surface area contributed by atoms with Crippen molar-refractivity contribution in [3.05, 3.63) is 29.6 Å². The van der Waals surface area contributed by atoms with Crippen LogP contribution in [0.2, 0.25) is 0 Å². The predicted octanol–water partition coefficient (Wildman–Crippen LogP) is 3.63. The summed E-state index contributed by atoms with van der Waals surface area (Å²) in [5, 5.41) is 8.84. The molecule has 0 saturated carbocycles. The first kappa shape index (κ1) is 15.3. The number of H-pyrrole nitrogens is 1. The molecule has 0 aliphatic heterocycles. The molecule has 1 heterocycles. The van der Waals surface area contributed by atoms with Crippen molar-refractivity contribution in [1.82, 2.24) is 9.97 Å². The van der Waals surface area contributed by atoms with Gasteiger partial charge in [0.05, 0.1) is 23.0 Å². The molecule has 0 radical (unpaired) electrons. The number of halogens is 3. The van der Waals surface area contributed by atoms with Crippen molar-refractivity contribution in [2.75, 3.05) is 0 Å². The summed E-state index contributed by atoms with van der Waals surface area (Å²) < 4.78 is 37.9. The molecule has 2 N–H and O–H groups in total. The molecule has 1 aromatic heterocycles. The molecule has 2 rings (SSSR count). The van der Waals surface area contributed by atoms with Crippen molar-refractivity contribution < 1.29 is 23.1 Å². The fourth-order valence-corrected chi connectivity index (χ4v) is 2.25. The summed E-state index contributed by atoms with van der Waals surface area (Å²) in [5.74, 6) is -0.439. The Morgan fingerprint density at radius 1 is 1.33 bits per heavy atom. The largest absolute Gasteiger partial charge is 0.481 e. The molecule has 0 atom stereocenters. The zero-order valence-corrected chi connectivity index (χ0v) is 11.6. The molecule has 0 aliphatic rings. The minimum atomic E-state index is -4.40. The van der Waals surface area contributed by atoms with Gasteiger partial charge in [-0.25, -0.2) is 4.98 Å². The van der Waals surface area contributed by atoms with Crippen LogP contribution >= 0.6 is 0 Å². The molecule has 7 heteroatoms. The Kier molecular flexibility index (Phi) is 3.69. The normalized spacial score (nSPS) is 12.8. The number of carboxylic acid groups (broad SMARTS) is 1. The summed E-state index contributed by atoms with van der Waals surface area (Å²) in [4.78, 5) is 17.8. The number of fused-ring (bicyclic) bond motifs is 1. The Hall–Kier alpha value is -2.05. The molecule has 0 bridgehead atoms. The number of hydrogen-bond donors (Lipinski definition) is 2. The predicted molar refractivity (Wildman–Crippen MR) is 70.8 cm³/mol. The maximum atomic E-state index is 12.6. The van der Waals surface area contributed by atoms with Gasteiger partial charge in [-0.3, -0.25) is 4.79 Å². The van der Waals surface area contributed by atoms with Crippen molar-refractivity contribution in [3.8, 4) is 0 Å². The Bertz CT molecular complexity index is 674. The summed E-state index contributed by atoms with van der Waals surface area (Å²) in [6, 6.07) is 3.30. The average molecular weight is 300 g/mol. The van der Waals surface area contributed by atoms with E-state index in [0.717, 1.165) is 12.1 Å². The summed E-state index contributed by atoms with van der Waals surface area (Å²) in [6.07, 6.45) is -4.10. The minimum absolute atomic E-state index is 0.0438.